The first kappa shape index (κ1) is 16.1. The van der Waals surface area contributed by atoms with E-state index in [1.165, 1.54) is 0 Å². The molecule has 0 aliphatic carbocycles. The topological polar surface area (TPSA) is 49.2 Å². The van der Waals surface area contributed by atoms with Gasteiger partial charge in [-0.3, -0.25) is 0 Å². The number of aromatic nitrogens is 1. The summed E-state index contributed by atoms with van der Waals surface area (Å²) in [6, 6.07) is 5.54. The molecule has 0 radical (unpaired) electrons. The van der Waals surface area contributed by atoms with E-state index in [9.17, 15) is 4.79 Å². The highest BCUT2D eigenvalue weighted by Crippen LogP contribution is 2.36. The van der Waals surface area contributed by atoms with Crippen molar-refractivity contribution < 1.29 is 18.8 Å². The van der Waals surface area contributed by atoms with Gasteiger partial charge >= 0.3 is 13.1 Å². The predicted octanol–water partition coefficient (Wildman–Crippen LogP) is 2.42. The van der Waals surface area contributed by atoms with Gasteiger partial charge in [0.05, 0.1) is 23.4 Å². The van der Waals surface area contributed by atoms with Crippen LogP contribution in [-0.2, 0) is 14.0 Å². The molecule has 1 aliphatic heterocycles. The quantitative estimate of drug-likeness (QED) is 0.645. The second-order valence-electron chi connectivity index (χ2n) is 6.83. The number of nitrogens with zero attached hydrogens (tertiary/aromatic N) is 1. The van der Waals surface area contributed by atoms with Crippen LogP contribution in [0.2, 0.25) is 0 Å². The zero-order valence-electron chi connectivity index (χ0n) is 14.3. The van der Waals surface area contributed by atoms with Crippen LogP contribution in [0.25, 0.3) is 5.52 Å². The van der Waals surface area contributed by atoms with Gasteiger partial charge in [0.15, 0.2) is 0 Å². The summed E-state index contributed by atoms with van der Waals surface area (Å²) in [7, 11) is -0.411. The fraction of sp³-hybridized carbons (Fsp3) is 0.471. The minimum Gasteiger partial charge on any atom is -0.462 e. The van der Waals surface area contributed by atoms with Gasteiger partial charge in [0.25, 0.3) is 0 Å². The SMILES string of the molecule is CCOC(=O)c1ccn2cc(B3OC(C)(C)C(C)(C)O3)cc2c1. The maximum atomic E-state index is 11.8. The molecule has 0 saturated carbocycles. The maximum absolute atomic E-state index is 11.8. The third-order valence-corrected chi connectivity index (χ3v) is 4.66. The molecule has 1 fully saturated rings. The Morgan fingerprint density at radius 1 is 1.22 bits per heavy atom. The van der Waals surface area contributed by atoms with Crippen LogP contribution in [0.15, 0.2) is 30.6 Å². The van der Waals surface area contributed by atoms with Crippen molar-refractivity contribution in [3.63, 3.8) is 0 Å². The van der Waals surface area contributed by atoms with Crippen molar-refractivity contribution in [1.29, 1.82) is 0 Å². The smallest absolute Gasteiger partial charge is 0.462 e. The third kappa shape index (κ3) is 2.77. The van der Waals surface area contributed by atoms with Crippen LogP contribution in [0.1, 0.15) is 45.0 Å². The summed E-state index contributed by atoms with van der Waals surface area (Å²) in [5.41, 5.74) is 1.63. The predicted molar refractivity (Wildman–Crippen MR) is 89.1 cm³/mol. The van der Waals surface area contributed by atoms with Crippen molar-refractivity contribution in [2.24, 2.45) is 0 Å². The Hall–Kier alpha value is -1.79. The van der Waals surface area contributed by atoms with Gasteiger partial charge in [-0.1, -0.05) is 0 Å². The second-order valence-corrected chi connectivity index (χ2v) is 6.83. The molecule has 122 valence electrons. The van der Waals surface area contributed by atoms with Crippen molar-refractivity contribution in [2.45, 2.75) is 45.8 Å². The molecule has 0 atom stereocenters. The Kier molecular flexibility index (Phi) is 3.77. The molecule has 0 aromatic carbocycles. The fourth-order valence-electron chi connectivity index (χ4n) is 2.58. The number of carbonyl (C=O) groups excluding carboxylic acids is 1. The lowest BCUT2D eigenvalue weighted by molar-refractivity contribution is 0.00578. The molecule has 0 unspecified atom stereocenters. The molecule has 0 spiro atoms. The monoisotopic (exact) mass is 315 g/mol. The van der Waals surface area contributed by atoms with Crippen LogP contribution >= 0.6 is 0 Å². The largest absolute Gasteiger partial charge is 0.496 e. The van der Waals surface area contributed by atoms with E-state index in [1.807, 2.05) is 56.6 Å². The summed E-state index contributed by atoms with van der Waals surface area (Å²) < 4.78 is 19.1. The highest BCUT2D eigenvalue weighted by molar-refractivity contribution is 6.62. The number of carbonyl (C=O) groups is 1. The van der Waals surface area contributed by atoms with E-state index in [2.05, 4.69) is 0 Å². The molecular weight excluding hydrogens is 293 g/mol. The fourth-order valence-corrected chi connectivity index (χ4v) is 2.58. The molecule has 0 bridgehead atoms. The lowest BCUT2D eigenvalue weighted by atomic mass is 9.81. The van der Waals surface area contributed by atoms with Crippen LogP contribution in [0.4, 0.5) is 0 Å². The van der Waals surface area contributed by atoms with E-state index in [4.69, 9.17) is 14.0 Å². The molecule has 2 aromatic rings. The number of hydrogen-bond acceptors (Lipinski definition) is 4. The van der Waals surface area contributed by atoms with Crippen molar-refractivity contribution in [3.05, 3.63) is 36.2 Å². The van der Waals surface area contributed by atoms with Gasteiger partial charge < -0.3 is 18.4 Å². The third-order valence-electron chi connectivity index (χ3n) is 4.66. The maximum Gasteiger partial charge on any atom is 0.496 e. The molecule has 0 amide bonds. The Bertz CT molecular complexity index is 734. The van der Waals surface area contributed by atoms with E-state index in [0.29, 0.717) is 12.2 Å². The minimum atomic E-state index is -0.411. The molecule has 1 aliphatic rings. The molecular formula is C17H22BNO4. The van der Waals surface area contributed by atoms with Crippen LogP contribution in [0.5, 0.6) is 0 Å². The highest BCUT2D eigenvalue weighted by Gasteiger charge is 2.51. The standard InChI is InChI=1S/C17H22BNO4/c1-6-21-15(20)12-7-8-19-11-13(10-14(19)9-12)18-22-16(2,3)17(4,5)23-18/h7-11H,6H2,1-5H3. The number of rotatable bonds is 3. The van der Waals surface area contributed by atoms with Crippen molar-refractivity contribution in [2.75, 3.05) is 6.61 Å². The number of esters is 1. The summed E-state index contributed by atoms with van der Waals surface area (Å²) in [6.45, 7) is 10.3. The zero-order valence-corrected chi connectivity index (χ0v) is 14.3. The number of ether oxygens (including phenoxy) is 1. The van der Waals surface area contributed by atoms with Crippen molar-refractivity contribution in [1.82, 2.24) is 4.40 Å². The average molecular weight is 315 g/mol. The average Bonchev–Trinajstić information content (AvgIpc) is 2.97. The molecule has 3 heterocycles. The van der Waals surface area contributed by atoms with Gasteiger partial charge in [0.2, 0.25) is 0 Å². The van der Waals surface area contributed by atoms with Gasteiger partial charge in [-0.2, -0.15) is 0 Å². The summed E-state index contributed by atoms with van der Waals surface area (Å²) in [5.74, 6) is -0.312. The number of pyridine rings is 1. The molecule has 23 heavy (non-hydrogen) atoms. The van der Waals surface area contributed by atoms with Gasteiger partial charge in [0, 0.05) is 23.4 Å². The molecule has 1 saturated heterocycles. The van der Waals surface area contributed by atoms with Gasteiger partial charge in [-0.15, -0.1) is 0 Å². The molecule has 0 N–H and O–H groups in total. The molecule has 3 rings (SSSR count). The Balaban J connectivity index is 1.91. The zero-order chi connectivity index (χ0) is 16.8. The lowest BCUT2D eigenvalue weighted by Gasteiger charge is -2.32. The van der Waals surface area contributed by atoms with Crippen LogP contribution < -0.4 is 5.46 Å². The van der Waals surface area contributed by atoms with E-state index >= 15 is 0 Å². The first-order valence-corrected chi connectivity index (χ1v) is 7.88. The van der Waals surface area contributed by atoms with Gasteiger partial charge in [-0.05, 0) is 52.8 Å². The summed E-state index contributed by atoms with van der Waals surface area (Å²) in [5, 5.41) is 0. The molecule has 2 aromatic heterocycles. The van der Waals surface area contributed by atoms with Gasteiger partial charge in [-0.25, -0.2) is 4.79 Å². The van der Waals surface area contributed by atoms with Gasteiger partial charge in [0.1, 0.15) is 0 Å². The first-order valence-electron chi connectivity index (χ1n) is 7.88. The number of fused-ring (bicyclic) bond motifs is 1. The minimum absolute atomic E-state index is 0.312. The summed E-state index contributed by atoms with van der Waals surface area (Å²) in [4.78, 5) is 11.8. The Morgan fingerprint density at radius 2 is 1.87 bits per heavy atom. The van der Waals surface area contributed by atoms with Crippen molar-refractivity contribution >= 4 is 24.1 Å². The summed E-state index contributed by atoms with van der Waals surface area (Å²) in [6.07, 6.45) is 3.81. The van der Waals surface area contributed by atoms with E-state index < -0.39 is 7.12 Å². The van der Waals surface area contributed by atoms with Crippen LogP contribution in [-0.4, -0.2) is 35.3 Å². The van der Waals surface area contributed by atoms with Crippen LogP contribution in [0, 0.1) is 0 Å². The summed E-state index contributed by atoms with van der Waals surface area (Å²) >= 11 is 0. The van der Waals surface area contributed by atoms with E-state index in [0.717, 1.165) is 11.0 Å². The second kappa shape index (κ2) is 5.39. The normalized spacial score (nSPS) is 19.3. The first-order chi connectivity index (χ1) is 10.7. The van der Waals surface area contributed by atoms with Crippen LogP contribution in [0.3, 0.4) is 0 Å². The van der Waals surface area contributed by atoms with Crippen molar-refractivity contribution in [3.8, 4) is 0 Å². The molecule has 6 heteroatoms. The van der Waals surface area contributed by atoms with E-state index in [-0.39, 0.29) is 17.2 Å². The number of hydrogen-bond donors (Lipinski definition) is 0. The Labute approximate surface area is 136 Å². The molecule has 5 nitrogen and oxygen atoms in total. The van der Waals surface area contributed by atoms with E-state index in [1.54, 1.807) is 13.0 Å². The highest BCUT2D eigenvalue weighted by atomic mass is 16.7. The Morgan fingerprint density at radius 3 is 2.48 bits per heavy atom. The lowest BCUT2D eigenvalue weighted by Crippen LogP contribution is -2.41.